The first-order valence-corrected chi connectivity index (χ1v) is 10.5. The van der Waals surface area contributed by atoms with E-state index in [9.17, 15) is 14.3 Å². The third-order valence-electron chi connectivity index (χ3n) is 6.05. The number of hydrogen-bond acceptors (Lipinski definition) is 6. The van der Waals surface area contributed by atoms with E-state index in [1.165, 1.54) is 22.9 Å². The van der Waals surface area contributed by atoms with Gasteiger partial charge in [0, 0.05) is 29.3 Å². The van der Waals surface area contributed by atoms with Crippen LogP contribution in [0.1, 0.15) is 46.6 Å². The maximum atomic E-state index is 13.1. The van der Waals surface area contributed by atoms with Crippen LogP contribution in [0.2, 0.25) is 0 Å². The molecule has 3 heterocycles. The Morgan fingerprint density at radius 2 is 2.03 bits per heavy atom. The summed E-state index contributed by atoms with van der Waals surface area (Å²) in [4.78, 5) is 23.5. The highest BCUT2D eigenvalue weighted by molar-refractivity contribution is 5.97. The minimum Gasteiger partial charge on any atom is -0.494 e. The number of likely N-dealkylation sites (tertiary alicyclic amines) is 1. The van der Waals surface area contributed by atoms with Crippen molar-refractivity contribution in [1.82, 2.24) is 19.3 Å². The molecule has 1 aliphatic rings. The molecule has 1 aliphatic heterocycles. The van der Waals surface area contributed by atoms with Crippen molar-refractivity contribution < 1.29 is 14.3 Å². The fraction of sp³-hybridized carbons (Fsp3) is 0.391. The normalized spacial score (nSPS) is 16.8. The fourth-order valence-corrected chi connectivity index (χ4v) is 4.27. The lowest BCUT2D eigenvalue weighted by Gasteiger charge is -2.21. The van der Waals surface area contributed by atoms with Crippen molar-refractivity contribution in [2.75, 3.05) is 19.6 Å². The molecule has 2 aromatic heterocycles. The Balaban J connectivity index is 0.00000289. The molecule has 1 aromatic carbocycles. The number of Topliss-reactive ketones (excluding diaryl/α,β-unsaturated/α-hetero) is 1. The van der Waals surface area contributed by atoms with Gasteiger partial charge in [0.05, 0.1) is 0 Å². The van der Waals surface area contributed by atoms with E-state index in [4.69, 9.17) is 5.26 Å². The van der Waals surface area contributed by atoms with E-state index in [0.717, 1.165) is 44.5 Å². The second-order valence-electron chi connectivity index (χ2n) is 7.99. The van der Waals surface area contributed by atoms with Crippen molar-refractivity contribution in [3.63, 3.8) is 0 Å². The molecule has 4 rings (SSSR count). The summed E-state index contributed by atoms with van der Waals surface area (Å²) in [7, 11) is 0. The average Bonchev–Trinajstić information content (AvgIpc) is 3.03. The number of halogens is 2. The average molecular weight is 458 g/mol. The van der Waals surface area contributed by atoms with E-state index < -0.39 is 0 Å². The maximum Gasteiger partial charge on any atom is 0.203 e. The molecule has 3 aromatic rings. The number of rotatable bonds is 5. The Labute approximate surface area is 191 Å². The highest BCUT2D eigenvalue weighted by atomic mass is 35.5. The Kier molecular flexibility index (Phi) is 7.44. The molecule has 1 N–H and O–H groups in total. The number of nitrogens with zero attached hydrogens (tertiary/aromatic N) is 5. The molecule has 1 saturated heterocycles. The molecule has 0 spiro atoms. The number of fused-ring (bicyclic) bond motifs is 1. The summed E-state index contributed by atoms with van der Waals surface area (Å²) in [5, 5.41) is 19.8. The van der Waals surface area contributed by atoms with Crippen LogP contribution in [0.3, 0.4) is 0 Å². The molecule has 0 bridgehead atoms. The molecule has 0 saturated carbocycles. The molecule has 1 atom stereocenters. The van der Waals surface area contributed by atoms with Crippen LogP contribution in [0, 0.1) is 30.0 Å². The van der Waals surface area contributed by atoms with Crippen molar-refractivity contribution in [2.24, 2.45) is 5.92 Å². The lowest BCUT2D eigenvalue weighted by molar-refractivity contribution is 0.0907. The highest BCUT2D eigenvalue weighted by Gasteiger charge is 2.24. The van der Waals surface area contributed by atoms with Gasteiger partial charge in [-0.3, -0.25) is 9.20 Å². The van der Waals surface area contributed by atoms with Gasteiger partial charge in [0.25, 0.3) is 0 Å². The zero-order valence-corrected chi connectivity index (χ0v) is 18.6. The predicted octanol–water partition coefficient (Wildman–Crippen LogP) is 3.70. The number of aromatic nitrogens is 3. The van der Waals surface area contributed by atoms with Crippen LogP contribution < -0.4 is 0 Å². The lowest BCUT2D eigenvalue weighted by atomic mass is 9.91. The van der Waals surface area contributed by atoms with Crippen LogP contribution in [-0.4, -0.2) is 49.8 Å². The molecule has 168 valence electrons. The SMILES string of the molecule is Cc1nc2c(C#N)ncn2c(O)c1CCN1CCCC(C(=O)c2ccc(F)cc2)CC1.Cl. The number of carbonyl (C=O) groups excluding carboxylic acids is 1. The number of hydrogen-bond donors (Lipinski definition) is 1. The first-order chi connectivity index (χ1) is 15.0. The highest BCUT2D eigenvalue weighted by Crippen LogP contribution is 2.25. The van der Waals surface area contributed by atoms with Crippen LogP contribution in [0.25, 0.3) is 5.65 Å². The summed E-state index contributed by atoms with van der Waals surface area (Å²) in [6.45, 7) is 4.23. The third-order valence-corrected chi connectivity index (χ3v) is 6.05. The molecule has 7 nitrogen and oxygen atoms in total. The van der Waals surface area contributed by atoms with E-state index >= 15 is 0 Å². The number of benzene rings is 1. The molecular weight excluding hydrogens is 433 g/mol. The molecule has 32 heavy (non-hydrogen) atoms. The quantitative estimate of drug-likeness (QED) is 0.587. The van der Waals surface area contributed by atoms with E-state index in [2.05, 4.69) is 14.9 Å². The van der Waals surface area contributed by atoms with Crippen molar-refractivity contribution in [2.45, 2.75) is 32.6 Å². The van der Waals surface area contributed by atoms with Gasteiger partial charge in [-0.15, -0.1) is 12.4 Å². The largest absolute Gasteiger partial charge is 0.494 e. The molecule has 1 unspecified atom stereocenters. The van der Waals surface area contributed by atoms with Gasteiger partial charge in [0.15, 0.2) is 17.1 Å². The Morgan fingerprint density at radius 3 is 2.75 bits per heavy atom. The summed E-state index contributed by atoms with van der Waals surface area (Å²) in [6.07, 6.45) is 4.50. The van der Waals surface area contributed by atoms with E-state index in [1.54, 1.807) is 12.1 Å². The zero-order chi connectivity index (χ0) is 22.0. The van der Waals surface area contributed by atoms with Gasteiger partial charge < -0.3 is 10.0 Å². The monoisotopic (exact) mass is 457 g/mol. The van der Waals surface area contributed by atoms with Crippen LogP contribution in [-0.2, 0) is 6.42 Å². The molecule has 0 aliphatic carbocycles. The number of imidazole rings is 1. The second kappa shape index (κ2) is 10.1. The Hall–Kier alpha value is -3.02. The number of aromatic hydroxyl groups is 1. The summed E-state index contributed by atoms with van der Waals surface area (Å²) in [5.74, 6) is -0.248. The number of nitriles is 1. The first-order valence-electron chi connectivity index (χ1n) is 10.5. The fourth-order valence-electron chi connectivity index (χ4n) is 4.27. The number of ketones is 1. The molecule has 0 amide bonds. The molecule has 0 radical (unpaired) electrons. The zero-order valence-electron chi connectivity index (χ0n) is 17.8. The van der Waals surface area contributed by atoms with Gasteiger partial charge in [-0.05, 0) is 70.0 Å². The van der Waals surface area contributed by atoms with Gasteiger partial charge in [-0.1, -0.05) is 0 Å². The smallest absolute Gasteiger partial charge is 0.203 e. The number of aryl methyl sites for hydroxylation is 1. The predicted molar refractivity (Wildman–Crippen MR) is 120 cm³/mol. The van der Waals surface area contributed by atoms with Gasteiger partial charge in [0.1, 0.15) is 18.2 Å². The molecule has 9 heteroatoms. The minimum atomic E-state index is -0.339. The van der Waals surface area contributed by atoms with E-state index in [1.807, 2.05) is 13.0 Å². The molecule has 1 fully saturated rings. The van der Waals surface area contributed by atoms with Crippen molar-refractivity contribution in [3.05, 3.63) is 58.9 Å². The standard InChI is InChI=1S/C23H24FN5O2.ClH/c1-15-19(23(31)29-14-26-20(13-25)22(29)27-15)9-12-28-10-2-3-16(8-11-28)21(30)17-4-6-18(24)7-5-17;/h4-7,14,16,31H,2-3,8-12H2,1H3;1H. The van der Waals surface area contributed by atoms with Crippen molar-refractivity contribution >= 4 is 23.8 Å². The second-order valence-corrected chi connectivity index (χ2v) is 7.99. The van der Waals surface area contributed by atoms with Gasteiger partial charge in [-0.2, -0.15) is 5.26 Å². The van der Waals surface area contributed by atoms with Crippen LogP contribution in [0.15, 0.2) is 30.6 Å². The van der Waals surface area contributed by atoms with Crippen LogP contribution in [0.4, 0.5) is 4.39 Å². The van der Waals surface area contributed by atoms with Crippen molar-refractivity contribution in [1.29, 1.82) is 5.26 Å². The molecular formula is C23H25ClFN5O2. The lowest BCUT2D eigenvalue weighted by Crippen LogP contribution is -2.28. The van der Waals surface area contributed by atoms with Gasteiger partial charge in [0.2, 0.25) is 5.88 Å². The van der Waals surface area contributed by atoms with Gasteiger partial charge >= 0.3 is 0 Å². The van der Waals surface area contributed by atoms with E-state index in [0.29, 0.717) is 23.3 Å². The summed E-state index contributed by atoms with van der Waals surface area (Å²) < 4.78 is 14.6. The Bertz CT molecular complexity index is 1160. The maximum absolute atomic E-state index is 13.1. The summed E-state index contributed by atoms with van der Waals surface area (Å²) in [5.41, 5.74) is 2.53. The number of carbonyl (C=O) groups is 1. The topological polar surface area (TPSA) is 94.5 Å². The van der Waals surface area contributed by atoms with Crippen molar-refractivity contribution in [3.8, 4) is 11.9 Å². The minimum absolute atomic E-state index is 0. The first kappa shape index (κ1) is 23.6. The summed E-state index contributed by atoms with van der Waals surface area (Å²) >= 11 is 0. The van der Waals surface area contributed by atoms with E-state index in [-0.39, 0.29) is 41.5 Å². The Morgan fingerprint density at radius 1 is 1.28 bits per heavy atom. The van der Waals surface area contributed by atoms with Crippen LogP contribution in [0.5, 0.6) is 5.88 Å². The van der Waals surface area contributed by atoms with Crippen LogP contribution >= 0.6 is 12.4 Å². The van der Waals surface area contributed by atoms with Gasteiger partial charge in [-0.25, -0.2) is 14.4 Å². The summed E-state index contributed by atoms with van der Waals surface area (Å²) in [6, 6.07) is 7.76. The third kappa shape index (κ3) is 4.74.